The number of carbonyl (C=O) groups is 1. The highest BCUT2D eigenvalue weighted by atomic mass is 32.1. The zero-order valence-corrected chi connectivity index (χ0v) is 6.93. The first-order chi connectivity index (χ1) is 4.74. The van der Waals surface area contributed by atoms with E-state index in [-0.39, 0.29) is 11.2 Å². The minimum Gasteiger partial charge on any atom is -0.465 e. The van der Waals surface area contributed by atoms with Crippen LogP contribution in [0.1, 0.15) is 19.8 Å². The van der Waals surface area contributed by atoms with Gasteiger partial charge in [-0.15, -0.1) is 0 Å². The van der Waals surface area contributed by atoms with Gasteiger partial charge in [0.25, 0.3) is 0 Å². The summed E-state index contributed by atoms with van der Waals surface area (Å²) in [5.41, 5.74) is 0. The Balaban J connectivity index is 2.40. The second-order valence-electron chi connectivity index (χ2n) is 2.66. The molecule has 0 aliphatic carbocycles. The first-order valence-corrected chi connectivity index (χ1v) is 4.10. The summed E-state index contributed by atoms with van der Waals surface area (Å²) in [6, 6.07) is 0. The highest BCUT2D eigenvalue weighted by Crippen LogP contribution is 2.21. The van der Waals surface area contributed by atoms with E-state index in [4.69, 9.17) is 4.74 Å². The van der Waals surface area contributed by atoms with E-state index in [1.165, 1.54) is 0 Å². The fourth-order valence-electron chi connectivity index (χ4n) is 1.06. The molecule has 2 unspecified atom stereocenters. The summed E-state index contributed by atoms with van der Waals surface area (Å²) < 4.78 is 4.88. The predicted octanol–water partition coefficient (Wildman–Crippen LogP) is 1.26. The van der Waals surface area contributed by atoms with Crippen LogP contribution in [-0.4, -0.2) is 17.8 Å². The van der Waals surface area contributed by atoms with Crippen LogP contribution < -0.4 is 0 Å². The molecule has 1 aliphatic heterocycles. The van der Waals surface area contributed by atoms with E-state index in [2.05, 4.69) is 19.6 Å². The second kappa shape index (κ2) is 3.28. The molecule has 1 aliphatic rings. The molecule has 1 heterocycles. The van der Waals surface area contributed by atoms with Crippen molar-refractivity contribution in [2.75, 3.05) is 6.61 Å². The van der Waals surface area contributed by atoms with E-state index in [0.717, 1.165) is 12.8 Å². The van der Waals surface area contributed by atoms with Gasteiger partial charge in [0.2, 0.25) is 0 Å². The van der Waals surface area contributed by atoms with Crippen LogP contribution in [0, 0.1) is 5.92 Å². The van der Waals surface area contributed by atoms with Crippen LogP contribution in [0.15, 0.2) is 0 Å². The average molecular weight is 160 g/mol. The van der Waals surface area contributed by atoms with Gasteiger partial charge in [0, 0.05) is 0 Å². The zero-order valence-electron chi connectivity index (χ0n) is 6.04. The van der Waals surface area contributed by atoms with Crippen molar-refractivity contribution in [2.24, 2.45) is 5.92 Å². The predicted molar refractivity (Wildman–Crippen MR) is 42.1 cm³/mol. The Kier molecular flexibility index (Phi) is 2.60. The second-order valence-corrected chi connectivity index (χ2v) is 3.28. The van der Waals surface area contributed by atoms with Gasteiger partial charge in [-0.3, -0.25) is 4.79 Å². The molecule has 1 fully saturated rings. The molecule has 2 nitrogen and oxygen atoms in total. The lowest BCUT2D eigenvalue weighted by atomic mass is 9.99. The average Bonchev–Trinajstić information content (AvgIpc) is 1.95. The number of hydrogen-bond acceptors (Lipinski definition) is 3. The Bertz CT molecular complexity index is 136. The van der Waals surface area contributed by atoms with Crippen molar-refractivity contribution < 1.29 is 9.53 Å². The normalized spacial score (nSPS) is 33.6. The first-order valence-electron chi connectivity index (χ1n) is 3.58. The third-order valence-electron chi connectivity index (χ3n) is 1.87. The molecule has 1 rings (SSSR count). The van der Waals surface area contributed by atoms with Crippen molar-refractivity contribution in [3.05, 3.63) is 0 Å². The van der Waals surface area contributed by atoms with Crippen LogP contribution in [0.2, 0.25) is 0 Å². The van der Waals surface area contributed by atoms with Gasteiger partial charge in [-0.2, -0.15) is 12.6 Å². The van der Waals surface area contributed by atoms with Gasteiger partial charge in [-0.1, -0.05) is 13.3 Å². The summed E-state index contributed by atoms with van der Waals surface area (Å²) in [5.74, 6) is 0.369. The molecule has 0 aromatic heterocycles. The third-order valence-corrected chi connectivity index (χ3v) is 2.29. The molecular weight excluding hydrogens is 148 g/mol. The summed E-state index contributed by atoms with van der Waals surface area (Å²) >= 11 is 4.09. The van der Waals surface area contributed by atoms with E-state index in [1.54, 1.807) is 0 Å². The van der Waals surface area contributed by atoms with Gasteiger partial charge in [0.1, 0.15) is 0 Å². The molecule has 3 heteroatoms. The molecule has 0 spiro atoms. The van der Waals surface area contributed by atoms with Crippen LogP contribution in [0.4, 0.5) is 0 Å². The molecule has 58 valence electrons. The van der Waals surface area contributed by atoms with Crippen molar-refractivity contribution in [3.8, 4) is 0 Å². The van der Waals surface area contributed by atoms with E-state index >= 15 is 0 Å². The van der Waals surface area contributed by atoms with Crippen molar-refractivity contribution in [3.63, 3.8) is 0 Å². The lowest BCUT2D eigenvalue weighted by molar-refractivity contribution is -0.148. The molecule has 1 saturated heterocycles. The topological polar surface area (TPSA) is 26.3 Å². The summed E-state index contributed by atoms with van der Waals surface area (Å²) in [6.45, 7) is 2.69. The largest absolute Gasteiger partial charge is 0.465 e. The molecular formula is C7H12O2S. The van der Waals surface area contributed by atoms with Crippen LogP contribution in [-0.2, 0) is 9.53 Å². The summed E-state index contributed by atoms with van der Waals surface area (Å²) in [7, 11) is 0. The van der Waals surface area contributed by atoms with Gasteiger partial charge in [-0.05, 0) is 12.3 Å². The molecule has 0 aromatic carbocycles. The van der Waals surface area contributed by atoms with Crippen molar-refractivity contribution >= 4 is 18.6 Å². The Morgan fingerprint density at radius 1 is 1.80 bits per heavy atom. The Morgan fingerprint density at radius 2 is 2.50 bits per heavy atom. The molecule has 0 aromatic rings. The first kappa shape index (κ1) is 7.92. The molecule has 0 bridgehead atoms. The summed E-state index contributed by atoms with van der Waals surface area (Å²) in [6.07, 6.45) is 1.95. The van der Waals surface area contributed by atoms with Crippen LogP contribution in [0.25, 0.3) is 0 Å². The number of hydrogen-bond donors (Lipinski definition) is 1. The summed E-state index contributed by atoms with van der Waals surface area (Å²) in [4.78, 5) is 10.8. The Labute approximate surface area is 66.4 Å². The number of esters is 1. The highest BCUT2D eigenvalue weighted by molar-refractivity contribution is 7.81. The van der Waals surface area contributed by atoms with E-state index in [1.807, 2.05) is 0 Å². The van der Waals surface area contributed by atoms with E-state index in [9.17, 15) is 4.79 Å². The van der Waals surface area contributed by atoms with Gasteiger partial charge < -0.3 is 4.74 Å². The number of ether oxygens (including phenoxy) is 1. The monoisotopic (exact) mass is 160 g/mol. The highest BCUT2D eigenvalue weighted by Gasteiger charge is 2.26. The molecule has 0 amide bonds. The molecule has 0 saturated carbocycles. The summed E-state index contributed by atoms with van der Waals surface area (Å²) in [5, 5.41) is -0.182. The van der Waals surface area contributed by atoms with Crippen LogP contribution in [0.5, 0.6) is 0 Å². The number of carbonyl (C=O) groups excluding carboxylic acids is 1. The Morgan fingerprint density at radius 3 is 3.00 bits per heavy atom. The molecule has 0 N–H and O–H groups in total. The minimum atomic E-state index is -0.182. The number of thiol groups is 1. The number of rotatable bonds is 1. The standard InChI is InChI=1S/C7H12O2S/c1-2-5-3-6(10)7(8)9-4-5/h5-6,10H,2-4H2,1H3. The van der Waals surface area contributed by atoms with Crippen LogP contribution in [0.3, 0.4) is 0 Å². The molecule has 10 heavy (non-hydrogen) atoms. The van der Waals surface area contributed by atoms with Crippen molar-refractivity contribution in [1.29, 1.82) is 0 Å². The van der Waals surface area contributed by atoms with Gasteiger partial charge in [0.15, 0.2) is 0 Å². The van der Waals surface area contributed by atoms with Gasteiger partial charge in [0.05, 0.1) is 11.9 Å². The van der Waals surface area contributed by atoms with E-state index in [0.29, 0.717) is 12.5 Å². The maximum absolute atomic E-state index is 10.8. The quantitative estimate of drug-likeness (QED) is 0.461. The number of cyclic esters (lactones) is 1. The maximum Gasteiger partial charge on any atom is 0.318 e. The van der Waals surface area contributed by atoms with Crippen LogP contribution >= 0.6 is 12.6 Å². The van der Waals surface area contributed by atoms with Gasteiger partial charge >= 0.3 is 5.97 Å². The van der Waals surface area contributed by atoms with Crippen molar-refractivity contribution in [2.45, 2.75) is 25.0 Å². The molecule has 0 radical (unpaired) electrons. The third kappa shape index (κ3) is 1.66. The minimum absolute atomic E-state index is 0.159. The van der Waals surface area contributed by atoms with E-state index < -0.39 is 0 Å². The Hall–Kier alpha value is -0.180. The molecule has 2 atom stereocenters. The fourth-order valence-corrected chi connectivity index (χ4v) is 1.43. The smallest absolute Gasteiger partial charge is 0.318 e. The zero-order chi connectivity index (χ0) is 7.56. The fraction of sp³-hybridized carbons (Fsp3) is 0.857. The van der Waals surface area contributed by atoms with Crippen molar-refractivity contribution in [1.82, 2.24) is 0 Å². The SMILES string of the molecule is CCC1COC(=O)C(S)C1. The lowest BCUT2D eigenvalue weighted by Gasteiger charge is -2.24. The lowest BCUT2D eigenvalue weighted by Crippen LogP contribution is -2.30. The van der Waals surface area contributed by atoms with Gasteiger partial charge in [-0.25, -0.2) is 0 Å². The maximum atomic E-state index is 10.8.